The van der Waals surface area contributed by atoms with Crippen LogP contribution in [-0.2, 0) is 11.2 Å². The second-order valence-corrected chi connectivity index (χ2v) is 3.76. The molecule has 1 nitrogen and oxygen atoms in total. The van der Waals surface area contributed by atoms with Crippen LogP contribution in [0.25, 0.3) is 0 Å². The second-order valence-electron chi connectivity index (χ2n) is 3.11. The Hall–Kier alpha value is -0.630. The Balaban J connectivity index is 2.51. The number of carbonyl (C=O) groups excluding carboxylic acids is 1. The van der Waals surface area contributed by atoms with Crippen LogP contribution in [0.15, 0.2) is 30.3 Å². The van der Waals surface area contributed by atoms with Crippen LogP contribution in [0.3, 0.4) is 0 Å². The first kappa shape index (κ1) is 10.5. The van der Waals surface area contributed by atoms with Crippen molar-refractivity contribution < 1.29 is 4.79 Å². The van der Waals surface area contributed by atoms with Gasteiger partial charge in [0.1, 0.15) is 6.29 Å². The van der Waals surface area contributed by atoms with Gasteiger partial charge in [0.15, 0.2) is 0 Å². The molecule has 0 aliphatic heterocycles. The maximum atomic E-state index is 10.3. The van der Waals surface area contributed by atoms with Crippen LogP contribution >= 0.6 is 15.9 Å². The molecule has 1 unspecified atom stereocenters. The van der Waals surface area contributed by atoms with Crippen molar-refractivity contribution >= 4 is 22.2 Å². The highest BCUT2D eigenvalue weighted by molar-refractivity contribution is 9.09. The van der Waals surface area contributed by atoms with Crippen molar-refractivity contribution in [2.45, 2.75) is 12.8 Å². The van der Waals surface area contributed by atoms with Crippen LogP contribution < -0.4 is 0 Å². The van der Waals surface area contributed by atoms with E-state index in [1.54, 1.807) is 0 Å². The number of carbonyl (C=O) groups is 1. The summed E-state index contributed by atoms with van der Waals surface area (Å²) in [7, 11) is 0. The van der Waals surface area contributed by atoms with Gasteiger partial charge in [-0.05, 0) is 17.9 Å². The molecule has 0 saturated carbocycles. The Morgan fingerprint density at radius 3 is 2.54 bits per heavy atom. The van der Waals surface area contributed by atoms with Crippen LogP contribution in [-0.4, -0.2) is 11.6 Å². The number of hydrogen-bond donors (Lipinski definition) is 0. The maximum absolute atomic E-state index is 10.3. The summed E-state index contributed by atoms with van der Waals surface area (Å²) in [6.07, 6.45) is 2.61. The van der Waals surface area contributed by atoms with Gasteiger partial charge in [-0.15, -0.1) is 0 Å². The first-order valence-electron chi connectivity index (χ1n) is 4.40. The van der Waals surface area contributed by atoms with Gasteiger partial charge < -0.3 is 4.79 Å². The number of hydrogen-bond acceptors (Lipinski definition) is 1. The fourth-order valence-corrected chi connectivity index (χ4v) is 1.78. The van der Waals surface area contributed by atoms with Gasteiger partial charge in [0.05, 0.1) is 0 Å². The molecule has 13 heavy (non-hydrogen) atoms. The van der Waals surface area contributed by atoms with E-state index in [4.69, 9.17) is 0 Å². The lowest BCUT2D eigenvalue weighted by molar-refractivity contribution is -0.108. The smallest absolute Gasteiger partial charge is 0.120 e. The highest BCUT2D eigenvalue weighted by Gasteiger charge is 2.06. The van der Waals surface area contributed by atoms with E-state index in [0.717, 1.165) is 18.0 Å². The van der Waals surface area contributed by atoms with E-state index in [0.29, 0.717) is 12.3 Å². The summed E-state index contributed by atoms with van der Waals surface area (Å²) >= 11 is 3.42. The molecule has 0 N–H and O–H groups in total. The fraction of sp³-hybridized carbons (Fsp3) is 0.364. The Morgan fingerprint density at radius 1 is 1.31 bits per heavy atom. The molecule has 0 amide bonds. The van der Waals surface area contributed by atoms with E-state index in [-0.39, 0.29) is 0 Å². The summed E-state index contributed by atoms with van der Waals surface area (Å²) in [4.78, 5) is 10.3. The Morgan fingerprint density at radius 2 is 2.00 bits per heavy atom. The third-order valence-corrected chi connectivity index (χ3v) is 2.93. The highest BCUT2D eigenvalue weighted by Crippen LogP contribution is 2.13. The van der Waals surface area contributed by atoms with Gasteiger partial charge in [-0.3, -0.25) is 0 Å². The molecule has 70 valence electrons. The van der Waals surface area contributed by atoms with Gasteiger partial charge in [-0.2, -0.15) is 0 Å². The van der Waals surface area contributed by atoms with Crippen molar-refractivity contribution in [3.05, 3.63) is 35.9 Å². The standard InChI is InChI=1S/C11H13BrO/c12-9-11(6-7-13)8-10-4-2-1-3-5-10/h1-5,7,11H,6,8-9H2. The van der Waals surface area contributed by atoms with Crippen molar-refractivity contribution in [2.75, 3.05) is 5.33 Å². The normalized spacial score (nSPS) is 12.4. The molecule has 1 aromatic rings. The Labute approximate surface area is 87.3 Å². The lowest BCUT2D eigenvalue weighted by Crippen LogP contribution is -2.06. The second kappa shape index (κ2) is 5.92. The van der Waals surface area contributed by atoms with E-state index in [9.17, 15) is 4.79 Å². The van der Waals surface area contributed by atoms with E-state index in [1.165, 1.54) is 5.56 Å². The quantitative estimate of drug-likeness (QED) is 0.572. The van der Waals surface area contributed by atoms with Crippen molar-refractivity contribution in [3.8, 4) is 0 Å². The lowest BCUT2D eigenvalue weighted by Gasteiger charge is -2.09. The summed E-state index contributed by atoms with van der Waals surface area (Å²) in [5.41, 5.74) is 1.30. The molecule has 0 bridgehead atoms. The molecule has 0 aliphatic carbocycles. The summed E-state index contributed by atoms with van der Waals surface area (Å²) in [6, 6.07) is 10.3. The third kappa shape index (κ3) is 3.73. The number of aldehydes is 1. The van der Waals surface area contributed by atoms with E-state index >= 15 is 0 Å². The first-order chi connectivity index (χ1) is 6.36. The molecule has 0 heterocycles. The fourth-order valence-electron chi connectivity index (χ4n) is 1.28. The van der Waals surface area contributed by atoms with Crippen LogP contribution in [0.4, 0.5) is 0 Å². The molecule has 0 radical (unpaired) electrons. The van der Waals surface area contributed by atoms with E-state index in [2.05, 4.69) is 28.1 Å². The molecule has 0 aliphatic rings. The molecule has 2 heteroatoms. The average molecular weight is 241 g/mol. The number of benzene rings is 1. The minimum absolute atomic E-state index is 0.430. The highest BCUT2D eigenvalue weighted by atomic mass is 79.9. The number of alkyl halides is 1. The van der Waals surface area contributed by atoms with Gasteiger partial charge >= 0.3 is 0 Å². The topological polar surface area (TPSA) is 17.1 Å². The minimum Gasteiger partial charge on any atom is -0.303 e. The van der Waals surface area contributed by atoms with E-state index < -0.39 is 0 Å². The molecule has 0 fully saturated rings. The van der Waals surface area contributed by atoms with Gasteiger partial charge in [0, 0.05) is 11.8 Å². The van der Waals surface area contributed by atoms with Gasteiger partial charge in [0.2, 0.25) is 0 Å². The molecule has 1 aromatic carbocycles. The lowest BCUT2D eigenvalue weighted by atomic mass is 9.99. The Kier molecular flexibility index (Phi) is 4.76. The molecule has 0 spiro atoms. The third-order valence-electron chi connectivity index (χ3n) is 2.01. The summed E-state index contributed by atoms with van der Waals surface area (Å²) < 4.78 is 0. The minimum atomic E-state index is 0.430. The van der Waals surface area contributed by atoms with Gasteiger partial charge in [-0.1, -0.05) is 46.3 Å². The molecule has 0 saturated heterocycles. The van der Waals surface area contributed by atoms with Crippen molar-refractivity contribution in [1.82, 2.24) is 0 Å². The zero-order valence-corrected chi connectivity index (χ0v) is 9.03. The first-order valence-corrected chi connectivity index (χ1v) is 5.52. The monoisotopic (exact) mass is 240 g/mol. The van der Waals surface area contributed by atoms with E-state index in [1.807, 2.05) is 18.2 Å². The summed E-state index contributed by atoms with van der Waals surface area (Å²) in [6.45, 7) is 0. The van der Waals surface area contributed by atoms with Crippen molar-refractivity contribution in [1.29, 1.82) is 0 Å². The van der Waals surface area contributed by atoms with Crippen LogP contribution in [0.5, 0.6) is 0 Å². The Bertz CT molecular complexity index is 246. The summed E-state index contributed by atoms with van der Waals surface area (Å²) in [5, 5.41) is 0.890. The molecule has 0 aromatic heterocycles. The largest absolute Gasteiger partial charge is 0.303 e. The number of rotatable bonds is 5. The molecule has 1 atom stereocenters. The molecular formula is C11H13BrO. The molecular weight excluding hydrogens is 228 g/mol. The zero-order valence-electron chi connectivity index (χ0n) is 7.45. The van der Waals surface area contributed by atoms with Crippen LogP contribution in [0, 0.1) is 5.92 Å². The predicted octanol–water partition coefficient (Wildman–Crippen LogP) is 2.83. The average Bonchev–Trinajstić information content (AvgIpc) is 2.19. The van der Waals surface area contributed by atoms with Crippen LogP contribution in [0.1, 0.15) is 12.0 Å². The predicted molar refractivity (Wildman–Crippen MR) is 58.1 cm³/mol. The molecule has 1 rings (SSSR count). The van der Waals surface area contributed by atoms with Crippen molar-refractivity contribution in [3.63, 3.8) is 0 Å². The van der Waals surface area contributed by atoms with Gasteiger partial charge in [-0.25, -0.2) is 0 Å². The SMILES string of the molecule is O=CCC(CBr)Cc1ccccc1. The zero-order chi connectivity index (χ0) is 9.52. The van der Waals surface area contributed by atoms with Crippen LogP contribution in [0.2, 0.25) is 0 Å². The van der Waals surface area contributed by atoms with Gasteiger partial charge in [0.25, 0.3) is 0 Å². The van der Waals surface area contributed by atoms with Crippen molar-refractivity contribution in [2.24, 2.45) is 5.92 Å². The number of halogens is 1. The maximum Gasteiger partial charge on any atom is 0.120 e. The summed E-state index contributed by atoms with van der Waals surface area (Å²) in [5.74, 6) is 0.430.